The quantitative estimate of drug-likeness (QED) is 0.901. The minimum Gasteiger partial charge on any atom is -0.349 e. The third-order valence-corrected chi connectivity index (χ3v) is 4.88. The summed E-state index contributed by atoms with van der Waals surface area (Å²) in [4.78, 5) is 12.3. The van der Waals surface area contributed by atoms with Crippen molar-refractivity contribution in [1.29, 1.82) is 0 Å². The molecule has 4 heteroatoms. The number of rotatable bonds is 3. The Morgan fingerprint density at radius 3 is 2.76 bits per heavy atom. The molecule has 0 spiro atoms. The number of amides is 1. The number of carbonyl (C=O) groups is 1. The number of fused-ring (bicyclic) bond motifs is 1. The summed E-state index contributed by atoms with van der Waals surface area (Å²) in [5.41, 5.74) is 8.81. The van der Waals surface area contributed by atoms with Crippen LogP contribution in [0.3, 0.4) is 0 Å². The lowest BCUT2D eigenvalue weighted by Crippen LogP contribution is -2.37. The second kappa shape index (κ2) is 7.28. The molecule has 0 bridgehead atoms. The second-order valence-electron chi connectivity index (χ2n) is 6.27. The van der Waals surface area contributed by atoms with E-state index in [9.17, 15) is 4.79 Å². The lowest BCUT2D eigenvalue weighted by molar-refractivity contribution is -0.123. The highest BCUT2D eigenvalue weighted by Crippen LogP contribution is 2.31. The molecule has 3 unspecified atom stereocenters. The molecule has 21 heavy (non-hydrogen) atoms. The van der Waals surface area contributed by atoms with Crippen molar-refractivity contribution < 1.29 is 4.79 Å². The topological polar surface area (TPSA) is 55.1 Å². The van der Waals surface area contributed by atoms with Crippen LogP contribution in [0.25, 0.3) is 0 Å². The van der Waals surface area contributed by atoms with Gasteiger partial charge in [0.2, 0.25) is 5.91 Å². The molecule has 2 aliphatic rings. The lowest BCUT2D eigenvalue weighted by Gasteiger charge is -2.28. The summed E-state index contributed by atoms with van der Waals surface area (Å²) in [5.74, 6) is 0.550. The van der Waals surface area contributed by atoms with E-state index < -0.39 is 0 Å². The molecule has 0 heterocycles. The first-order valence-electron chi connectivity index (χ1n) is 7.87. The van der Waals surface area contributed by atoms with Crippen molar-refractivity contribution in [3.63, 3.8) is 0 Å². The third-order valence-electron chi connectivity index (χ3n) is 4.88. The fourth-order valence-electron chi connectivity index (χ4n) is 3.69. The molecule has 1 fully saturated rings. The van der Waals surface area contributed by atoms with E-state index in [1.807, 2.05) is 0 Å². The summed E-state index contributed by atoms with van der Waals surface area (Å²) < 4.78 is 0. The van der Waals surface area contributed by atoms with E-state index in [1.54, 1.807) is 0 Å². The standard InChI is InChI=1S/C17H24N2O.ClH/c18-15-8-4-2-6-13(15)11-17(20)19-16-10-9-12-5-1-3-7-14(12)16;/h1,3,5,7,13,15-16H,2,4,6,8-11,18H2,(H,19,20);1H. The molecule has 1 aromatic carbocycles. The SMILES string of the molecule is Cl.NC1CCCCC1CC(=O)NC1CCc2ccccc21. The molecule has 0 saturated heterocycles. The molecule has 3 nitrogen and oxygen atoms in total. The molecular weight excluding hydrogens is 284 g/mol. The molecule has 1 amide bonds. The Kier molecular flexibility index (Phi) is 5.65. The molecule has 3 N–H and O–H groups in total. The van der Waals surface area contributed by atoms with Gasteiger partial charge in [0, 0.05) is 12.5 Å². The van der Waals surface area contributed by atoms with Gasteiger partial charge in [0.25, 0.3) is 0 Å². The van der Waals surface area contributed by atoms with Crippen molar-refractivity contribution in [1.82, 2.24) is 5.32 Å². The number of nitrogens with two attached hydrogens (primary N) is 1. The number of hydrogen-bond acceptors (Lipinski definition) is 2. The molecule has 3 atom stereocenters. The van der Waals surface area contributed by atoms with E-state index in [-0.39, 0.29) is 30.4 Å². The van der Waals surface area contributed by atoms with E-state index in [0.717, 1.165) is 25.7 Å². The van der Waals surface area contributed by atoms with Gasteiger partial charge < -0.3 is 11.1 Å². The van der Waals surface area contributed by atoms with Gasteiger partial charge in [-0.1, -0.05) is 37.1 Å². The maximum absolute atomic E-state index is 12.3. The van der Waals surface area contributed by atoms with Crippen molar-refractivity contribution in [3.05, 3.63) is 35.4 Å². The zero-order chi connectivity index (χ0) is 13.9. The van der Waals surface area contributed by atoms with Crippen LogP contribution in [0.5, 0.6) is 0 Å². The predicted octanol–water partition coefficient (Wildman–Crippen LogP) is 3.12. The van der Waals surface area contributed by atoms with Gasteiger partial charge in [-0.25, -0.2) is 0 Å². The molecule has 0 aliphatic heterocycles. The molecule has 0 radical (unpaired) electrons. The van der Waals surface area contributed by atoms with E-state index in [0.29, 0.717) is 12.3 Å². The van der Waals surface area contributed by atoms with Gasteiger partial charge in [-0.05, 0) is 42.7 Å². The van der Waals surface area contributed by atoms with Crippen molar-refractivity contribution in [3.8, 4) is 0 Å². The molecule has 2 aliphatic carbocycles. The number of aryl methyl sites for hydroxylation is 1. The monoisotopic (exact) mass is 308 g/mol. The summed E-state index contributed by atoms with van der Waals surface area (Å²) in [6.45, 7) is 0. The summed E-state index contributed by atoms with van der Waals surface area (Å²) in [6, 6.07) is 8.85. The number of benzene rings is 1. The van der Waals surface area contributed by atoms with Crippen LogP contribution in [-0.4, -0.2) is 11.9 Å². The Morgan fingerprint density at radius 1 is 1.19 bits per heavy atom. The second-order valence-corrected chi connectivity index (χ2v) is 6.27. The molecule has 116 valence electrons. The van der Waals surface area contributed by atoms with Crippen LogP contribution < -0.4 is 11.1 Å². The summed E-state index contributed by atoms with van der Waals surface area (Å²) in [6.07, 6.45) is 7.32. The van der Waals surface area contributed by atoms with Gasteiger partial charge in [0.05, 0.1) is 6.04 Å². The van der Waals surface area contributed by atoms with E-state index >= 15 is 0 Å². The number of halogens is 1. The summed E-state index contributed by atoms with van der Waals surface area (Å²) in [7, 11) is 0. The van der Waals surface area contributed by atoms with Gasteiger partial charge in [-0.2, -0.15) is 0 Å². The van der Waals surface area contributed by atoms with Crippen molar-refractivity contribution >= 4 is 18.3 Å². The normalized spacial score (nSPS) is 27.6. The first-order valence-corrected chi connectivity index (χ1v) is 7.87. The zero-order valence-electron chi connectivity index (χ0n) is 12.4. The number of nitrogens with one attached hydrogen (secondary N) is 1. The van der Waals surface area contributed by atoms with Gasteiger partial charge in [-0.3, -0.25) is 4.79 Å². The van der Waals surface area contributed by atoms with Crippen molar-refractivity contribution in [2.24, 2.45) is 11.7 Å². The summed E-state index contributed by atoms with van der Waals surface area (Å²) in [5, 5.41) is 3.21. The van der Waals surface area contributed by atoms with Crippen LogP contribution in [0.1, 0.15) is 55.7 Å². The minimum atomic E-state index is 0. The van der Waals surface area contributed by atoms with Crippen molar-refractivity contribution in [2.45, 2.75) is 57.0 Å². The molecule has 3 rings (SSSR count). The Labute approximate surface area is 133 Å². The van der Waals surface area contributed by atoms with E-state index in [1.165, 1.54) is 24.0 Å². The average molecular weight is 309 g/mol. The maximum atomic E-state index is 12.3. The van der Waals surface area contributed by atoms with Gasteiger partial charge in [0.1, 0.15) is 0 Å². The highest BCUT2D eigenvalue weighted by Gasteiger charge is 2.27. The fraction of sp³-hybridized carbons (Fsp3) is 0.588. The van der Waals surface area contributed by atoms with Crippen LogP contribution in [0.2, 0.25) is 0 Å². The zero-order valence-corrected chi connectivity index (χ0v) is 13.2. The highest BCUT2D eigenvalue weighted by molar-refractivity contribution is 5.85. The van der Waals surface area contributed by atoms with Crippen molar-refractivity contribution in [2.75, 3.05) is 0 Å². The minimum absolute atomic E-state index is 0. The maximum Gasteiger partial charge on any atom is 0.220 e. The molecule has 1 aromatic rings. The fourth-order valence-corrected chi connectivity index (χ4v) is 3.69. The van der Waals surface area contributed by atoms with Crippen LogP contribution in [-0.2, 0) is 11.2 Å². The number of carbonyl (C=O) groups excluding carboxylic acids is 1. The highest BCUT2D eigenvalue weighted by atomic mass is 35.5. The van der Waals surface area contributed by atoms with E-state index in [2.05, 4.69) is 29.6 Å². The van der Waals surface area contributed by atoms with Crippen LogP contribution >= 0.6 is 12.4 Å². The number of hydrogen-bond donors (Lipinski definition) is 2. The predicted molar refractivity (Wildman–Crippen MR) is 87.4 cm³/mol. The Balaban J connectivity index is 0.00000161. The van der Waals surface area contributed by atoms with Gasteiger partial charge in [-0.15, -0.1) is 12.4 Å². The largest absolute Gasteiger partial charge is 0.349 e. The van der Waals surface area contributed by atoms with Crippen LogP contribution in [0, 0.1) is 5.92 Å². The van der Waals surface area contributed by atoms with Crippen LogP contribution in [0.4, 0.5) is 0 Å². The summed E-state index contributed by atoms with van der Waals surface area (Å²) >= 11 is 0. The lowest BCUT2D eigenvalue weighted by atomic mass is 9.83. The Hall–Kier alpha value is -1.06. The molecule has 0 aromatic heterocycles. The van der Waals surface area contributed by atoms with Crippen LogP contribution in [0.15, 0.2) is 24.3 Å². The average Bonchev–Trinajstić information content (AvgIpc) is 2.85. The first-order chi connectivity index (χ1) is 9.74. The Morgan fingerprint density at radius 2 is 1.95 bits per heavy atom. The van der Waals surface area contributed by atoms with E-state index in [4.69, 9.17) is 5.73 Å². The molecule has 1 saturated carbocycles. The van der Waals surface area contributed by atoms with Gasteiger partial charge in [0.15, 0.2) is 0 Å². The third kappa shape index (κ3) is 3.78. The molecular formula is C17H25ClN2O. The smallest absolute Gasteiger partial charge is 0.220 e. The van der Waals surface area contributed by atoms with Gasteiger partial charge >= 0.3 is 0 Å². The first kappa shape index (κ1) is 16.3. The Bertz CT molecular complexity index is 491.